The second-order valence-corrected chi connectivity index (χ2v) is 11.7. The predicted octanol–water partition coefficient (Wildman–Crippen LogP) is 9.87. The second-order valence-electron chi connectivity index (χ2n) is 11.7. The van der Waals surface area contributed by atoms with Gasteiger partial charge in [0.1, 0.15) is 5.84 Å². The molecule has 0 spiro atoms. The maximum absolute atomic E-state index is 5.25. The molecule has 4 aliphatic heterocycles. The van der Waals surface area contributed by atoms with Crippen LogP contribution in [0.4, 0.5) is 11.4 Å². The van der Waals surface area contributed by atoms with Crippen molar-refractivity contribution < 1.29 is 0 Å². The fourth-order valence-corrected chi connectivity index (χ4v) is 6.29. The zero-order valence-corrected chi connectivity index (χ0v) is 27.0. The molecule has 7 nitrogen and oxygen atoms in total. The van der Waals surface area contributed by atoms with Crippen LogP contribution in [0.1, 0.15) is 119 Å². The highest BCUT2D eigenvalue weighted by molar-refractivity contribution is 6.31. The average Bonchev–Trinajstić information content (AvgIpc) is 3.58. The van der Waals surface area contributed by atoms with Gasteiger partial charge in [0.25, 0.3) is 0 Å². The molecule has 0 aromatic heterocycles. The summed E-state index contributed by atoms with van der Waals surface area (Å²) in [6.45, 7) is 13.3. The lowest BCUT2D eigenvalue weighted by molar-refractivity contribution is 0.885. The van der Waals surface area contributed by atoms with Crippen LogP contribution in [0.15, 0.2) is 87.7 Å². The molecule has 7 heteroatoms. The van der Waals surface area contributed by atoms with Crippen LogP contribution in [0.3, 0.4) is 0 Å². The molecule has 0 saturated heterocycles. The van der Waals surface area contributed by atoms with Gasteiger partial charge in [-0.25, -0.2) is 30.0 Å². The van der Waals surface area contributed by atoms with Gasteiger partial charge in [0, 0.05) is 39.1 Å². The molecule has 0 amide bonds. The number of nitrogens with zero attached hydrogens (tertiary/aromatic N) is 6. The lowest BCUT2D eigenvalue weighted by Gasteiger charge is -2.11. The first kappa shape index (κ1) is 30.7. The molecule has 4 heterocycles. The van der Waals surface area contributed by atoms with E-state index in [1.165, 1.54) is 33.4 Å². The van der Waals surface area contributed by atoms with Crippen LogP contribution in [0.2, 0.25) is 0 Å². The maximum atomic E-state index is 5.25. The summed E-state index contributed by atoms with van der Waals surface area (Å²) in [5.74, 6) is 4.75. The first-order valence-corrected chi connectivity index (χ1v) is 16.6. The Balaban J connectivity index is 1.79. The Labute approximate surface area is 257 Å². The van der Waals surface area contributed by atoms with Gasteiger partial charge in [0.2, 0.25) is 0 Å². The molecular formula is C36H47N7. The number of benzene rings is 1. The summed E-state index contributed by atoms with van der Waals surface area (Å²) in [7, 11) is 0. The zero-order chi connectivity index (χ0) is 30.3. The molecule has 0 unspecified atom stereocenters. The third-order valence-corrected chi connectivity index (χ3v) is 8.14. The van der Waals surface area contributed by atoms with Crippen molar-refractivity contribution in [3.05, 3.63) is 57.7 Å². The van der Waals surface area contributed by atoms with Gasteiger partial charge in [-0.05, 0) is 56.7 Å². The minimum atomic E-state index is 0.762. The van der Waals surface area contributed by atoms with Crippen LogP contribution >= 0.6 is 0 Å². The molecule has 1 N–H and O–H groups in total. The van der Waals surface area contributed by atoms with Crippen molar-refractivity contribution in [1.29, 1.82) is 0 Å². The number of amidine groups is 6. The predicted molar refractivity (Wildman–Crippen MR) is 185 cm³/mol. The number of rotatable bonds is 12. The fourth-order valence-electron chi connectivity index (χ4n) is 6.29. The molecule has 0 atom stereocenters. The molecule has 1 aromatic carbocycles. The Morgan fingerprint density at radius 3 is 1.26 bits per heavy atom. The average molecular weight is 578 g/mol. The third kappa shape index (κ3) is 6.46. The SMILES string of the molecule is CCCC1=C(CCC)C2=NC1=NC1=NC(=Nc3cccc(c3)NC3=NC(=N2)C(CCC)=C3CCC)C(CCC)=C1CCC. The molecule has 5 rings (SSSR count). The summed E-state index contributed by atoms with van der Waals surface area (Å²) in [6, 6.07) is 8.27. The van der Waals surface area contributed by atoms with Gasteiger partial charge in [-0.2, -0.15) is 0 Å². The van der Waals surface area contributed by atoms with Crippen LogP contribution in [0.5, 0.6) is 0 Å². The third-order valence-electron chi connectivity index (χ3n) is 8.14. The summed E-state index contributed by atoms with van der Waals surface area (Å²) in [5, 5.41) is 3.65. The van der Waals surface area contributed by atoms with Gasteiger partial charge in [-0.1, -0.05) is 86.1 Å². The topological polar surface area (TPSA) is 86.2 Å². The Bertz CT molecular complexity index is 1540. The first-order valence-electron chi connectivity index (χ1n) is 16.6. The number of nitrogens with one attached hydrogen (secondary N) is 1. The smallest absolute Gasteiger partial charge is 0.160 e. The van der Waals surface area contributed by atoms with E-state index >= 15 is 0 Å². The van der Waals surface area contributed by atoms with Crippen molar-refractivity contribution in [3.63, 3.8) is 0 Å². The zero-order valence-electron chi connectivity index (χ0n) is 27.0. The van der Waals surface area contributed by atoms with Gasteiger partial charge in [0.15, 0.2) is 29.2 Å². The molecule has 43 heavy (non-hydrogen) atoms. The minimum absolute atomic E-state index is 0.762. The lowest BCUT2D eigenvalue weighted by atomic mass is 9.99. The van der Waals surface area contributed by atoms with Crippen molar-refractivity contribution in [1.82, 2.24) is 0 Å². The van der Waals surface area contributed by atoms with Gasteiger partial charge in [-0.3, -0.25) is 0 Å². The monoisotopic (exact) mass is 577 g/mol. The number of anilines is 1. The molecule has 0 fully saturated rings. The second kappa shape index (κ2) is 14.2. The molecule has 8 bridgehead atoms. The number of hydrogen-bond donors (Lipinski definition) is 1. The van der Waals surface area contributed by atoms with Gasteiger partial charge < -0.3 is 5.32 Å². The minimum Gasteiger partial charge on any atom is -0.340 e. The highest BCUT2D eigenvalue weighted by Gasteiger charge is 2.31. The van der Waals surface area contributed by atoms with E-state index in [1.54, 1.807) is 0 Å². The Hall–Kier alpha value is -3.74. The largest absolute Gasteiger partial charge is 0.340 e. The van der Waals surface area contributed by atoms with E-state index in [0.717, 1.165) is 123 Å². The van der Waals surface area contributed by atoms with Crippen molar-refractivity contribution in [2.45, 2.75) is 119 Å². The van der Waals surface area contributed by atoms with Crippen LogP contribution < -0.4 is 5.32 Å². The van der Waals surface area contributed by atoms with Gasteiger partial charge >= 0.3 is 0 Å². The molecule has 0 saturated carbocycles. The Morgan fingerprint density at radius 1 is 0.442 bits per heavy atom. The molecule has 0 radical (unpaired) electrons. The van der Waals surface area contributed by atoms with Crippen molar-refractivity contribution >= 4 is 46.4 Å². The lowest BCUT2D eigenvalue weighted by Crippen LogP contribution is -2.13. The first-order chi connectivity index (χ1) is 21.0. The van der Waals surface area contributed by atoms with Crippen molar-refractivity contribution in [2.75, 3.05) is 5.32 Å². The van der Waals surface area contributed by atoms with Gasteiger partial charge in [-0.15, -0.1) is 0 Å². The normalized spacial score (nSPS) is 18.0. The Morgan fingerprint density at radius 2 is 0.814 bits per heavy atom. The van der Waals surface area contributed by atoms with Crippen LogP contribution in [0.25, 0.3) is 0 Å². The fraction of sp³-hybridized carbons (Fsp3) is 0.500. The molecule has 0 aliphatic carbocycles. The van der Waals surface area contributed by atoms with Gasteiger partial charge in [0.05, 0.1) is 5.69 Å². The molecule has 4 aliphatic rings. The standard InChI is InChI=1S/C36H47N7/c1-7-14-25-27(16-9-3)33-39-31(25)37-23-20-13-21-24(22-23)38-32-26(15-8-2)28(17-10-4)34(40-32)42-36-30(19-12-6)29(18-11-5)35(41-33)43-36/h13,20-22H,7-12,14-19H2,1-6H3,(H,37,38,39,40,41,42,43). The number of hydrogen-bond acceptors (Lipinski definition) is 7. The highest BCUT2D eigenvalue weighted by Crippen LogP contribution is 2.34. The van der Waals surface area contributed by atoms with E-state index in [0.29, 0.717) is 0 Å². The summed E-state index contributed by atoms with van der Waals surface area (Å²) in [6.07, 6.45) is 11.7. The Kier molecular flexibility index (Phi) is 10.1. The quantitative estimate of drug-likeness (QED) is 0.263. The van der Waals surface area contributed by atoms with E-state index < -0.39 is 0 Å². The van der Waals surface area contributed by atoms with Crippen LogP contribution in [-0.4, -0.2) is 35.0 Å². The van der Waals surface area contributed by atoms with Crippen LogP contribution in [-0.2, 0) is 0 Å². The van der Waals surface area contributed by atoms with E-state index in [2.05, 4.69) is 65.1 Å². The maximum Gasteiger partial charge on any atom is 0.160 e. The van der Waals surface area contributed by atoms with E-state index in [-0.39, 0.29) is 0 Å². The number of aliphatic imine (C=N–C) groups is 6. The summed E-state index contributed by atoms with van der Waals surface area (Å²) >= 11 is 0. The summed E-state index contributed by atoms with van der Waals surface area (Å²) in [4.78, 5) is 31.0. The van der Waals surface area contributed by atoms with E-state index in [1.807, 2.05) is 6.07 Å². The molecule has 1 aromatic rings. The molecule has 226 valence electrons. The summed E-state index contributed by atoms with van der Waals surface area (Å²) in [5.41, 5.74) is 9.15. The van der Waals surface area contributed by atoms with Crippen molar-refractivity contribution in [3.8, 4) is 0 Å². The van der Waals surface area contributed by atoms with Crippen molar-refractivity contribution in [2.24, 2.45) is 30.0 Å². The molecular weight excluding hydrogens is 530 g/mol. The van der Waals surface area contributed by atoms with Crippen LogP contribution in [0, 0.1) is 0 Å². The summed E-state index contributed by atoms with van der Waals surface area (Å²) < 4.78 is 0. The number of fused-ring (bicyclic) bond motifs is 5. The van der Waals surface area contributed by atoms with E-state index in [9.17, 15) is 0 Å². The highest BCUT2D eigenvalue weighted by atomic mass is 15.1. The van der Waals surface area contributed by atoms with E-state index in [4.69, 9.17) is 30.0 Å².